The first kappa shape index (κ1) is 11.0. The molecule has 0 saturated heterocycles. The summed E-state index contributed by atoms with van der Waals surface area (Å²) >= 11 is 0. The first-order valence-corrected chi connectivity index (χ1v) is 6.76. The maximum atomic E-state index is 12.1. The predicted octanol–water partition coefficient (Wildman–Crippen LogP) is 2.36. The molecule has 0 aromatic carbocycles. The van der Waals surface area contributed by atoms with E-state index in [1.165, 1.54) is 25.7 Å². The van der Waals surface area contributed by atoms with Crippen LogP contribution >= 0.6 is 0 Å². The highest BCUT2D eigenvalue weighted by molar-refractivity contribution is 5.84. The maximum absolute atomic E-state index is 12.1. The zero-order chi connectivity index (χ0) is 11.8. The second-order valence-electron chi connectivity index (χ2n) is 5.56. The minimum Gasteiger partial charge on any atom is -0.338 e. The van der Waals surface area contributed by atoms with E-state index < -0.39 is 0 Å². The fourth-order valence-corrected chi connectivity index (χ4v) is 3.51. The first-order valence-electron chi connectivity index (χ1n) is 6.76. The Morgan fingerprint density at radius 3 is 2.71 bits per heavy atom. The van der Waals surface area contributed by atoms with Crippen molar-refractivity contribution in [2.45, 2.75) is 38.5 Å². The fraction of sp³-hybridized carbons (Fsp3) is 0.714. The second kappa shape index (κ2) is 4.28. The lowest BCUT2D eigenvalue weighted by molar-refractivity contribution is -0.120. The molecule has 2 unspecified atom stereocenters. The van der Waals surface area contributed by atoms with Gasteiger partial charge in [0.05, 0.1) is 0 Å². The van der Waals surface area contributed by atoms with Crippen LogP contribution in [-0.4, -0.2) is 15.3 Å². The van der Waals surface area contributed by atoms with Gasteiger partial charge >= 0.3 is 0 Å². The van der Waals surface area contributed by atoms with Crippen LogP contribution in [-0.2, 0) is 18.3 Å². The minimum absolute atomic E-state index is 0.415. The van der Waals surface area contributed by atoms with Gasteiger partial charge in [-0.3, -0.25) is 4.79 Å². The van der Waals surface area contributed by atoms with E-state index in [2.05, 4.69) is 4.98 Å². The van der Waals surface area contributed by atoms with Gasteiger partial charge in [-0.1, -0.05) is 12.8 Å². The van der Waals surface area contributed by atoms with Crippen molar-refractivity contribution in [3.63, 3.8) is 0 Å². The number of fused-ring (bicyclic) bond motifs is 1. The summed E-state index contributed by atoms with van der Waals surface area (Å²) in [6, 6.07) is 0. The van der Waals surface area contributed by atoms with Crippen molar-refractivity contribution in [2.24, 2.45) is 24.8 Å². The number of imidazole rings is 1. The lowest BCUT2D eigenvalue weighted by Gasteiger charge is -2.04. The third-order valence-corrected chi connectivity index (χ3v) is 4.54. The summed E-state index contributed by atoms with van der Waals surface area (Å²) in [5.41, 5.74) is 0. The number of aromatic nitrogens is 2. The topological polar surface area (TPSA) is 34.9 Å². The monoisotopic (exact) mass is 232 g/mol. The molecule has 3 rings (SSSR count). The number of carbonyl (C=O) groups excluding carboxylic acids is 1. The van der Waals surface area contributed by atoms with Gasteiger partial charge in [0.15, 0.2) is 0 Å². The molecule has 2 fully saturated rings. The van der Waals surface area contributed by atoms with Crippen molar-refractivity contribution in [1.29, 1.82) is 0 Å². The summed E-state index contributed by atoms with van der Waals surface area (Å²) in [7, 11) is 1.99. The SMILES string of the molecule is Cn1ccnc1CCC(=O)C1C2CCCCC21. The third-order valence-electron chi connectivity index (χ3n) is 4.54. The average Bonchev–Trinajstić information content (AvgIpc) is 2.94. The van der Waals surface area contributed by atoms with Crippen LogP contribution in [0.5, 0.6) is 0 Å². The Balaban J connectivity index is 1.53. The molecule has 2 saturated carbocycles. The van der Waals surface area contributed by atoms with Gasteiger partial charge in [-0.05, 0) is 24.7 Å². The van der Waals surface area contributed by atoms with Crippen LogP contribution in [0.3, 0.4) is 0 Å². The summed E-state index contributed by atoms with van der Waals surface area (Å²) in [6.45, 7) is 0. The fourth-order valence-electron chi connectivity index (χ4n) is 3.51. The molecule has 0 spiro atoms. The molecular formula is C14H20N2O. The van der Waals surface area contributed by atoms with Crippen LogP contribution in [0.15, 0.2) is 12.4 Å². The number of ketones is 1. The van der Waals surface area contributed by atoms with Crippen molar-refractivity contribution in [2.75, 3.05) is 0 Å². The number of hydrogen-bond donors (Lipinski definition) is 0. The molecule has 1 aromatic heterocycles. The summed E-state index contributed by atoms with van der Waals surface area (Å²) in [5, 5.41) is 0. The molecule has 0 bridgehead atoms. The molecular weight excluding hydrogens is 212 g/mol. The molecule has 0 aliphatic heterocycles. The third kappa shape index (κ3) is 2.03. The molecule has 3 nitrogen and oxygen atoms in total. The quantitative estimate of drug-likeness (QED) is 0.798. The van der Waals surface area contributed by atoms with E-state index in [1.54, 1.807) is 6.20 Å². The van der Waals surface area contributed by atoms with E-state index in [-0.39, 0.29) is 0 Å². The number of carbonyl (C=O) groups is 1. The lowest BCUT2D eigenvalue weighted by atomic mass is 10.0. The summed E-state index contributed by atoms with van der Waals surface area (Å²) in [4.78, 5) is 16.4. The Hall–Kier alpha value is -1.12. The van der Waals surface area contributed by atoms with Crippen LogP contribution in [0.25, 0.3) is 0 Å². The zero-order valence-corrected chi connectivity index (χ0v) is 10.4. The van der Waals surface area contributed by atoms with Gasteiger partial charge in [-0.15, -0.1) is 0 Å². The van der Waals surface area contributed by atoms with E-state index >= 15 is 0 Å². The molecule has 0 radical (unpaired) electrons. The van der Waals surface area contributed by atoms with Crippen molar-refractivity contribution < 1.29 is 4.79 Å². The van der Waals surface area contributed by atoms with Crippen LogP contribution < -0.4 is 0 Å². The minimum atomic E-state index is 0.415. The zero-order valence-electron chi connectivity index (χ0n) is 10.4. The normalized spacial score (nSPS) is 31.0. The molecule has 0 N–H and O–H groups in total. The van der Waals surface area contributed by atoms with E-state index in [0.29, 0.717) is 18.1 Å². The average molecular weight is 232 g/mol. The standard InChI is InChI=1S/C14H20N2O/c1-16-9-8-15-13(16)7-6-12(17)14-10-4-2-3-5-11(10)14/h8-11,14H,2-7H2,1H3. The summed E-state index contributed by atoms with van der Waals surface area (Å²) in [5.74, 6) is 3.43. The van der Waals surface area contributed by atoms with Gasteiger partial charge < -0.3 is 4.57 Å². The van der Waals surface area contributed by atoms with Gasteiger partial charge in [0, 0.05) is 38.2 Å². The predicted molar refractivity (Wildman–Crippen MR) is 65.5 cm³/mol. The van der Waals surface area contributed by atoms with Gasteiger partial charge in [-0.2, -0.15) is 0 Å². The van der Waals surface area contributed by atoms with E-state index in [9.17, 15) is 4.79 Å². The van der Waals surface area contributed by atoms with Crippen LogP contribution in [0.2, 0.25) is 0 Å². The smallest absolute Gasteiger partial charge is 0.136 e. The molecule has 92 valence electrons. The van der Waals surface area contributed by atoms with Gasteiger partial charge in [-0.25, -0.2) is 4.98 Å². The number of aryl methyl sites for hydroxylation is 2. The van der Waals surface area contributed by atoms with E-state index in [0.717, 1.165) is 24.1 Å². The molecule has 2 aliphatic carbocycles. The maximum Gasteiger partial charge on any atom is 0.136 e. The van der Waals surface area contributed by atoms with E-state index in [1.807, 2.05) is 17.8 Å². The van der Waals surface area contributed by atoms with Crippen LogP contribution in [0, 0.1) is 17.8 Å². The lowest BCUT2D eigenvalue weighted by Crippen LogP contribution is -2.07. The Morgan fingerprint density at radius 2 is 2.12 bits per heavy atom. The first-order chi connectivity index (χ1) is 8.27. The number of hydrogen-bond acceptors (Lipinski definition) is 2. The number of rotatable bonds is 4. The highest BCUT2D eigenvalue weighted by Gasteiger charge is 2.53. The molecule has 3 heteroatoms. The van der Waals surface area contributed by atoms with Crippen LogP contribution in [0.4, 0.5) is 0 Å². The van der Waals surface area contributed by atoms with Gasteiger partial charge in [0.25, 0.3) is 0 Å². The van der Waals surface area contributed by atoms with Crippen LogP contribution in [0.1, 0.15) is 37.9 Å². The molecule has 2 atom stereocenters. The Bertz CT molecular complexity index is 412. The summed E-state index contributed by atoms with van der Waals surface area (Å²) in [6.07, 6.45) is 10.5. The largest absolute Gasteiger partial charge is 0.338 e. The van der Waals surface area contributed by atoms with Gasteiger partial charge in [0.1, 0.15) is 11.6 Å². The molecule has 17 heavy (non-hydrogen) atoms. The molecule has 1 aromatic rings. The number of Topliss-reactive ketones (excluding diaryl/α,β-unsaturated/α-hetero) is 1. The van der Waals surface area contributed by atoms with Gasteiger partial charge in [0.2, 0.25) is 0 Å². The molecule has 1 heterocycles. The molecule has 2 aliphatic rings. The highest BCUT2D eigenvalue weighted by atomic mass is 16.1. The van der Waals surface area contributed by atoms with E-state index in [4.69, 9.17) is 0 Å². The Kier molecular flexibility index (Phi) is 2.77. The van der Waals surface area contributed by atoms with Crippen molar-refractivity contribution in [1.82, 2.24) is 9.55 Å². The molecule has 0 amide bonds. The van der Waals surface area contributed by atoms with Crippen molar-refractivity contribution >= 4 is 5.78 Å². The number of nitrogens with zero attached hydrogens (tertiary/aromatic N) is 2. The van der Waals surface area contributed by atoms with Crippen molar-refractivity contribution in [3.8, 4) is 0 Å². The highest BCUT2D eigenvalue weighted by Crippen LogP contribution is 2.56. The summed E-state index contributed by atoms with van der Waals surface area (Å²) < 4.78 is 2.01. The second-order valence-corrected chi connectivity index (χ2v) is 5.56. The Morgan fingerprint density at radius 1 is 1.41 bits per heavy atom. The van der Waals surface area contributed by atoms with Crippen molar-refractivity contribution in [3.05, 3.63) is 18.2 Å². The Labute approximate surface area is 102 Å².